The van der Waals surface area contributed by atoms with E-state index in [-0.39, 0.29) is 5.91 Å². The number of halogens is 1. The normalized spacial score (nSPS) is 10.1. The highest BCUT2D eigenvalue weighted by Crippen LogP contribution is 2.16. The lowest BCUT2D eigenvalue weighted by molar-refractivity contribution is 0.102. The molecule has 3 N–H and O–H groups in total. The van der Waals surface area contributed by atoms with Gasteiger partial charge in [0.2, 0.25) is 0 Å². The summed E-state index contributed by atoms with van der Waals surface area (Å²) >= 11 is 5.93. The molecule has 0 atom stereocenters. The number of amides is 1. The Morgan fingerprint density at radius 1 is 1.05 bits per heavy atom. The maximum atomic E-state index is 12.0. The number of benzene rings is 2. The first-order valence-electron chi connectivity index (χ1n) is 5.60. The Hall–Kier alpha value is -1.82. The summed E-state index contributed by atoms with van der Waals surface area (Å²) < 4.78 is 0. The van der Waals surface area contributed by atoms with Crippen molar-refractivity contribution in [3.8, 4) is 0 Å². The van der Waals surface area contributed by atoms with Gasteiger partial charge >= 0.3 is 7.12 Å². The predicted molar refractivity (Wildman–Crippen MR) is 75.7 cm³/mol. The molecule has 2 rings (SSSR count). The Kier molecular flexibility index (Phi) is 4.22. The molecule has 0 aliphatic heterocycles. The highest BCUT2D eigenvalue weighted by atomic mass is 35.5. The molecule has 2 aromatic carbocycles. The van der Waals surface area contributed by atoms with Crippen molar-refractivity contribution >= 4 is 35.8 Å². The predicted octanol–water partition coefficient (Wildman–Crippen LogP) is 1.27. The van der Waals surface area contributed by atoms with Crippen LogP contribution in [0, 0.1) is 0 Å². The van der Waals surface area contributed by atoms with Crippen molar-refractivity contribution in [2.45, 2.75) is 0 Å². The van der Waals surface area contributed by atoms with E-state index in [0.29, 0.717) is 21.7 Å². The SMILES string of the molecule is O=C(Nc1ccc(B(O)O)cc1)c1ccccc1Cl. The van der Waals surface area contributed by atoms with Gasteiger partial charge in [0, 0.05) is 5.69 Å². The third kappa shape index (κ3) is 3.35. The minimum Gasteiger partial charge on any atom is -0.423 e. The lowest BCUT2D eigenvalue weighted by atomic mass is 9.80. The summed E-state index contributed by atoms with van der Waals surface area (Å²) in [6.45, 7) is 0. The second kappa shape index (κ2) is 5.88. The Balaban J connectivity index is 2.13. The van der Waals surface area contributed by atoms with E-state index in [9.17, 15) is 4.79 Å². The fourth-order valence-corrected chi connectivity index (χ4v) is 1.80. The monoisotopic (exact) mass is 275 g/mol. The summed E-state index contributed by atoms with van der Waals surface area (Å²) in [6, 6.07) is 13.0. The number of anilines is 1. The first-order valence-corrected chi connectivity index (χ1v) is 5.97. The fourth-order valence-electron chi connectivity index (χ4n) is 1.58. The van der Waals surface area contributed by atoms with Crippen LogP contribution in [0.4, 0.5) is 5.69 Å². The Bertz CT molecular complexity index is 587. The van der Waals surface area contributed by atoms with Crippen molar-refractivity contribution < 1.29 is 14.8 Å². The van der Waals surface area contributed by atoms with Crippen LogP contribution in [0.5, 0.6) is 0 Å². The molecule has 19 heavy (non-hydrogen) atoms. The lowest BCUT2D eigenvalue weighted by Gasteiger charge is -2.07. The zero-order valence-electron chi connectivity index (χ0n) is 9.88. The Morgan fingerprint density at radius 2 is 1.68 bits per heavy atom. The molecule has 0 aromatic heterocycles. The van der Waals surface area contributed by atoms with Gasteiger partial charge in [0.05, 0.1) is 10.6 Å². The molecular weight excluding hydrogens is 264 g/mol. The van der Waals surface area contributed by atoms with Crippen molar-refractivity contribution in [1.82, 2.24) is 0 Å². The first kappa shape index (κ1) is 13.6. The van der Waals surface area contributed by atoms with E-state index in [1.807, 2.05) is 0 Å². The topological polar surface area (TPSA) is 69.6 Å². The van der Waals surface area contributed by atoms with Crippen LogP contribution in [0.25, 0.3) is 0 Å². The quantitative estimate of drug-likeness (QED) is 0.739. The van der Waals surface area contributed by atoms with E-state index in [4.69, 9.17) is 21.6 Å². The lowest BCUT2D eigenvalue weighted by Crippen LogP contribution is -2.29. The largest absolute Gasteiger partial charge is 0.488 e. The van der Waals surface area contributed by atoms with Gasteiger partial charge in [-0.05, 0) is 29.7 Å². The highest BCUT2D eigenvalue weighted by molar-refractivity contribution is 6.58. The van der Waals surface area contributed by atoms with Crippen molar-refractivity contribution in [2.75, 3.05) is 5.32 Å². The van der Waals surface area contributed by atoms with Gasteiger partial charge in [-0.25, -0.2) is 0 Å². The van der Waals surface area contributed by atoms with Crippen LogP contribution in [0.1, 0.15) is 10.4 Å². The molecular formula is C13H11BClNO3. The molecule has 0 aliphatic carbocycles. The van der Waals surface area contributed by atoms with Crippen molar-refractivity contribution in [3.63, 3.8) is 0 Å². The van der Waals surface area contributed by atoms with E-state index >= 15 is 0 Å². The molecule has 6 heteroatoms. The van der Waals surface area contributed by atoms with Crippen molar-refractivity contribution in [3.05, 3.63) is 59.1 Å². The molecule has 0 saturated carbocycles. The van der Waals surface area contributed by atoms with Crippen LogP contribution in [0.2, 0.25) is 5.02 Å². The fraction of sp³-hybridized carbons (Fsp3) is 0. The zero-order valence-corrected chi connectivity index (χ0v) is 10.6. The number of nitrogens with one attached hydrogen (secondary N) is 1. The summed E-state index contributed by atoms with van der Waals surface area (Å²) in [5.74, 6) is -0.317. The molecule has 0 radical (unpaired) electrons. The van der Waals surface area contributed by atoms with Crippen LogP contribution in [-0.4, -0.2) is 23.1 Å². The Morgan fingerprint density at radius 3 is 2.26 bits per heavy atom. The van der Waals surface area contributed by atoms with Gasteiger partial charge in [0.1, 0.15) is 0 Å². The number of rotatable bonds is 3. The van der Waals surface area contributed by atoms with Crippen LogP contribution in [0.3, 0.4) is 0 Å². The van der Waals surface area contributed by atoms with Crippen LogP contribution >= 0.6 is 11.6 Å². The molecule has 4 nitrogen and oxygen atoms in total. The van der Waals surface area contributed by atoms with Gasteiger partial charge in [-0.3, -0.25) is 4.79 Å². The molecule has 0 unspecified atom stereocenters. The molecule has 0 aliphatic rings. The third-order valence-corrected chi connectivity index (χ3v) is 2.91. The summed E-state index contributed by atoms with van der Waals surface area (Å²) in [5.41, 5.74) is 1.29. The third-order valence-electron chi connectivity index (χ3n) is 2.59. The number of hydrogen-bond donors (Lipinski definition) is 3. The summed E-state index contributed by atoms with van der Waals surface area (Å²) in [4.78, 5) is 12.0. The van der Waals surface area contributed by atoms with Gasteiger partial charge < -0.3 is 15.4 Å². The minimum atomic E-state index is -1.52. The maximum absolute atomic E-state index is 12.0. The van der Waals surface area contributed by atoms with Gasteiger partial charge in [-0.1, -0.05) is 35.9 Å². The standard InChI is InChI=1S/C13H11BClNO3/c15-12-4-2-1-3-11(12)13(17)16-10-7-5-9(6-8-10)14(18)19/h1-8,18-19H,(H,16,17). The van der Waals surface area contributed by atoms with E-state index in [1.165, 1.54) is 12.1 Å². The van der Waals surface area contributed by atoms with Gasteiger partial charge in [0.25, 0.3) is 5.91 Å². The van der Waals surface area contributed by atoms with Gasteiger partial charge in [0.15, 0.2) is 0 Å². The average Bonchev–Trinajstić information content (AvgIpc) is 2.39. The summed E-state index contributed by atoms with van der Waals surface area (Å²) in [7, 11) is -1.52. The van der Waals surface area contributed by atoms with E-state index in [1.54, 1.807) is 36.4 Å². The number of hydrogen-bond acceptors (Lipinski definition) is 3. The summed E-state index contributed by atoms with van der Waals surface area (Å²) in [6.07, 6.45) is 0. The second-order valence-corrected chi connectivity index (χ2v) is 4.34. The second-order valence-electron chi connectivity index (χ2n) is 3.93. The van der Waals surface area contributed by atoms with Crippen LogP contribution < -0.4 is 10.8 Å². The molecule has 0 heterocycles. The smallest absolute Gasteiger partial charge is 0.423 e. The van der Waals surface area contributed by atoms with E-state index in [2.05, 4.69) is 5.32 Å². The number of carbonyl (C=O) groups excluding carboxylic acids is 1. The average molecular weight is 276 g/mol. The van der Waals surface area contributed by atoms with E-state index < -0.39 is 7.12 Å². The first-order chi connectivity index (χ1) is 9.08. The highest BCUT2D eigenvalue weighted by Gasteiger charge is 2.12. The van der Waals surface area contributed by atoms with Crippen LogP contribution in [0.15, 0.2) is 48.5 Å². The molecule has 96 valence electrons. The maximum Gasteiger partial charge on any atom is 0.488 e. The molecule has 0 bridgehead atoms. The van der Waals surface area contributed by atoms with Crippen molar-refractivity contribution in [1.29, 1.82) is 0 Å². The molecule has 2 aromatic rings. The molecule has 0 saturated heterocycles. The van der Waals surface area contributed by atoms with Gasteiger partial charge in [-0.2, -0.15) is 0 Å². The molecule has 0 fully saturated rings. The summed E-state index contributed by atoms with van der Waals surface area (Å²) in [5, 5.41) is 21.0. The number of carbonyl (C=O) groups is 1. The molecule has 0 spiro atoms. The van der Waals surface area contributed by atoms with E-state index in [0.717, 1.165) is 0 Å². The van der Waals surface area contributed by atoms with Gasteiger partial charge in [-0.15, -0.1) is 0 Å². The minimum absolute atomic E-state index is 0.317. The van der Waals surface area contributed by atoms with Crippen LogP contribution in [-0.2, 0) is 0 Å². The molecule has 1 amide bonds. The zero-order chi connectivity index (χ0) is 13.8. The van der Waals surface area contributed by atoms with Crippen molar-refractivity contribution in [2.24, 2.45) is 0 Å². The Labute approximate surface area is 115 Å².